The summed E-state index contributed by atoms with van der Waals surface area (Å²) in [4.78, 5) is 13.1. The Labute approximate surface area is 155 Å². The molecule has 1 atom stereocenters. The van der Waals surface area contributed by atoms with Gasteiger partial charge in [-0.15, -0.1) is 0 Å². The van der Waals surface area contributed by atoms with E-state index in [1.54, 1.807) is 0 Å². The van der Waals surface area contributed by atoms with Gasteiger partial charge in [-0.05, 0) is 30.0 Å². The summed E-state index contributed by atoms with van der Waals surface area (Å²) in [6.45, 7) is 4.09. The molecular formula is C24H24O2. The highest BCUT2D eigenvalue weighted by Crippen LogP contribution is 2.30. The molecule has 26 heavy (non-hydrogen) atoms. The van der Waals surface area contributed by atoms with Crippen molar-refractivity contribution in [1.29, 1.82) is 0 Å². The number of ether oxygens (including phenoxy) is 1. The van der Waals surface area contributed by atoms with Gasteiger partial charge in [-0.25, -0.2) is 0 Å². The Bertz CT molecular complexity index is 784. The number of carbonyl (C=O) groups is 1. The molecule has 0 aromatic heterocycles. The monoisotopic (exact) mass is 344 g/mol. The Morgan fingerprint density at radius 2 is 1.27 bits per heavy atom. The molecule has 0 N–H and O–H groups in total. The Balaban J connectivity index is 1.89. The van der Waals surface area contributed by atoms with Gasteiger partial charge >= 0.3 is 5.97 Å². The highest BCUT2D eigenvalue weighted by molar-refractivity contribution is 5.82. The first kappa shape index (κ1) is 17.9. The van der Waals surface area contributed by atoms with E-state index in [9.17, 15) is 4.79 Å². The Kier molecular flexibility index (Phi) is 5.85. The van der Waals surface area contributed by atoms with Crippen molar-refractivity contribution in [3.05, 3.63) is 107 Å². The lowest BCUT2D eigenvalue weighted by molar-refractivity contribution is -0.150. The predicted octanol–water partition coefficient (Wildman–Crippen LogP) is 5.82. The maximum atomic E-state index is 13.1. The second kappa shape index (κ2) is 8.48. The number of rotatable bonds is 6. The molecule has 0 fully saturated rings. The summed E-state index contributed by atoms with van der Waals surface area (Å²) in [5.41, 5.74) is 4.12. The van der Waals surface area contributed by atoms with E-state index in [1.165, 1.54) is 5.56 Å². The summed E-state index contributed by atoms with van der Waals surface area (Å²) in [5, 5.41) is 0. The Morgan fingerprint density at radius 1 is 0.769 bits per heavy atom. The van der Waals surface area contributed by atoms with E-state index in [0.29, 0.717) is 0 Å². The van der Waals surface area contributed by atoms with Crippen molar-refractivity contribution in [1.82, 2.24) is 0 Å². The minimum absolute atomic E-state index is 0.213. The SMILES string of the molecule is CC[C@@H](OC(=O)C(c1ccccc1)c1ccccc1)c1ccc(C)cc1. The van der Waals surface area contributed by atoms with Gasteiger partial charge in [0.15, 0.2) is 0 Å². The first-order chi connectivity index (χ1) is 12.7. The van der Waals surface area contributed by atoms with Crippen LogP contribution < -0.4 is 0 Å². The lowest BCUT2D eigenvalue weighted by atomic mass is 9.91. The van der Waals surface area contributed by atoms with Crippen LogP contribution in [-0.4, -0.2) is 5.97 Å². The third kappa shape index (κ3) is 4.20. The first-order valence-corrected chi connectivity index (χ1v) is 9.06. The van der Waals surface area contributed by atoms with Crippen LogP contribution in [0.2, 0.25) is 0 Å². The van der Waals surface area contributed by atoms with Crippen LogP contribution in [0.15, 0.2) is 84.9 Å². The predicted molar refractivity (Wildman–Crippen MR) is 105 cm³/mol. The number of carbonyl (C=O) groups excluding carboxylic acids is 1. The largest absolute Gasteiger partial charge is 0.457 e. The zero-order valence-corrected chi connectivity index (χ0v) is 15.3. The van der Waals surface area contributed by atoms with Gasteiger partial charge in [0, 0.05) is 0 Å². The molecule has 3 rings (SSSR count). The second-order valence-electron chi connectivity index (χ2n) is 6.50. The molecule has 0 aliphatic heterocycles. The topological polar surface area (TPSA) is 26.3 Å². The minimum Gasteiger partial charge on any atom is -0.457 e. The molecule has 2 nitrogen and oxygen atoms in total. The average molecular weight is 344 g/mol. The average Bonchev–Trinajstić information content (AvgIpc) is 2.69. The Hall–Kier alpha value is -2.87. The molecule has 0 amide bonds. The summed E-state index contributed by atoms with van der Waals surface area (Å²) in [6, 6.07) is 27.8. The van der Waals surface area contributed by atoms with Crippen LogP contribution in [0.25, 0.3) is 0 Å². The van der Waals surface area contributed by atoms with Crippen LogP contribution in [0.1, 0.15) is 47.6 Å². The van der Waals surface area contributed by atoms with Gasteiger partial charge in [-0.3, -0.25) is 4.79 Å². The van der Waals surface area contributed by atoms with Crippen molar-refractivity contribution in [3.8, 4) is 0 Å². The molecule has 0 radical (unpaired) electrons. The molecule has 0 aliphatic carbocycles. The van der Waals surface area contributed by atoms with Gasteiger partial charge in [-0.1, -0.05) is 97.4 Å². The zero-order chi connectivity index (χ0) is 18.4. The van der Waals surface area contributed by atoms with E-state index in [1.807, 2.05) is 79.7 Å². The summed E-state index contributed by atoms with van der Waals surface area (Å²) >= 11 is 0. The molecule has 132 valence electrons. The molecule has 3 aromatic carbocycles. The van der Waals surface area contributed by atoms with Crippen molar-refractivity contribution in [3.63, 3.8) is 0 Å². The van der Waals surface area contributed by atoms with E-state index < -0.39 is 5.92 Å². The fraction of sp³-hybridized carbons (Fsp3) is 0.208. The van der Waals surface area contributed by atoms with E-state index in [-0.39, 0.29) is 12.1 Å². The van der Waals surface area contributed by atoms with Gasteiger partial charge in [0.05, 0.1) is 0 Å². The molecule has 0 aliphatic rings. The molecule has 2 heteroatoms. The van der Waals surface area contributed by atoms with Crippen molar-refractivity contribution in [2.45, 2.75) is 32.3 Å². The van der Waals surface area contributed by atoms with Crippen molar-refractivity contribution >= 4 is 5.97 Å². The maximum absolute atomic E-state index is 13.1. The van der Waals surface area contributed by atoms with Crippen LogP contribution in [0.5, 0.6) is 0 Å². The van der Waals surface area contributed by atoms with Crippen molar-refractivity contribution < 1.29 is 9.53 Å². The van der Waals surface area contributed by atoms with Gasteiger partial charge in [0.25, 0.3) is 0 Å². The number of aryl methyl sites for hydroxylation is 1. The molecule has 0 saturated heterocycles. The number of benzene rings is 3. The van der Waals surface area contributed by atoms with Crippen LogP contribution in [-0.2, 0) is 9.53 Å². The molecule has 0 heterocycles. The minimum atomic E-state index is -0.420. The molecule has 0 bridgehead atoms. The lowest BCUT2D eigenvalue weighted by Gasteiger charge is -2.22. The van der Waals surface area contributed by atoms with Gasteiger partial charge in [0.2, 0.25) is 0 Å². The van der Waals surface area contributed by atoms with Crippen molar-refractivity contribution in [2.24, 2.45) is 0 Å². The Morgan fingerprint density at radius 3 is 1.73 bits per heavy atom. The fourth-order valence-electron chi connectivity index (χ4n) is 3.13. The van der Waals surface area contributed by atoms with Gasteiger partial charge in [0.1, 0.15) is 12.0 Å². The zero-order valence-electron chi connectivity index (χ0n) is 15.3. The standard InChI is InChI=1S/C24H24O2/c1-3-22(19-16-14-18(2)15-17-19)26-24(25)23(20-10-6-4-7-11-20)21-12-8-5-9-13-21/h4-17,22-23H,3H2,1-2H3/t22-/m1/s1. The summed E-state index contributed by atoms with van der Waals surface area (Å²) in [6.07, 6.45) is 0.503. The smallest absolute Gasteiger partial charge is 0.318 e. The van der Waals surface area contributed by atoms with Gasteiger partial charge < -0.3 is 4.74 Å². The van der Waals surface area contributed by atoms with Gasteiger partial charge in [-0.2, -0.15) is 0 Å². The molecule has 0 unspecified atom stereocenters. The summed E-state index contributed by atoms with van der Waals surface area (Å²) in [5.74, 6) is -0.633. The normalized spacial score (nSPS) is 12.0. The van der Waals surface area contributed by atoms with E-state index >= 15 is 0 Å². The second-order valence-corrected chi connectivity index (χ2v) is 6.50. The van der Waals surface area contributed by atoms with Crippen LogP contribution in [0, 0.1) is 6.92 Å². The van der Waals surface area contributed by atoms with E-state index in [4.69, 9.17) is 4.74 Å². The first-order valence-electron chi connectivity index (χ1n) is 9.06. The third-order valence-corrected chi connectivity index (χ3v) is 4.58. The molecular weight excluding hydrogens is 320 g/mol. The van der Waals surface area contributed by atoms with Crippen LogP contribution in [0.4, 0.5) is 0 Å². The van der Waals surface area contributed by atoms with E-state index in [2.05, 4.69) is 19.1 Å². The molecule has 0 spiro atoms. The highest BCUT2D eigenvalue weighted by Gasteiger charge is 2.26. The van der Waals surface area contributed by atoms with E-state index in [0.717, 1.165) is 23.1 Å². The number of hydrogen-bond acceptors (Lipinski definition) is 2. The van der Waals surface area contributed by atoms with Crippen LogP contribution >= 0.6 is 0 Å². The summed E-state index contributed by atoms with van der Waals surface area (Å²) < 4.78 is 5.96. The number of hydrogen-bond donors (Lipinski definition) is 0. The van der Waals surface area contributed by atoms with Crippen LogP contribution in [0.3, 0.4) is 0 Å². The molecule has 0 saturated carbocycles. The quantitative estimate of drug-likeness (QED) is 0.527. The lowest BCUT2D eigenvalue weighted by Crippen LogP contribution is -2.20. The maximum Gasteiger partial charge on any atom is 0.318 e. The fourth-order valence-corrected chi connectivity index (χ4v) is 3.13. The number of esters is 1. The summed E-state index contributed by atoms with van der Waals surface area (Å²) in [7, 11) is 0. The third-order valence-electron chi connectivity index (χ3n) is 4.58. The highest BCUT2D eigenvalue weighted by atomic mass is 16.5. The molecule has 3 aromatic rings. The van der Waals surface area contributed by atoms with Crippen molar-refractivity contribution in [2.75, 3.05) is 0 Å².